The van der Waals surface area contributed by atoms with Gasteiger partial charge in [-0.3, -0.25) is 0 Å². The van der Waals surface area contributed by atoms with Gasteiger partial charge in [-0.2, -0.15) is 17.7 Å². The number of hydrogen-bond donors (Lipinski definition) is 0. The van der Waals surface area contributed by atoms with E-state index in [1.165, 1.54) is 23.9 Å². The van der Waals surface area contributed by atoms with E-state index in [-0.39, 0.29) is 24.0 Å². The predicted molar refractivity (Wildman–Crippen MR) is 80.7 cm³/mol. The Kier molecular flexibility index (Phi) is 5.57. The largest absolute Gasteiger partial charge is 1.00 e. The minimum Gasteiger partial charge on any atom is -1.00 e. The molecule has 1 heterocycles. The second-order valence-corrected chi connectivity index (χ2v) is 6.12. The quantitative estimate of drug-likeness (QED) is 0.429. The van der Waals surface area contributed by atoms with Crippen LogP contribution in [0.1, 0.15) is 5.56 Å². The van der Waals surface area contributed by atoms with E-state index in [4.69, 9.17) is 0 Å². The van der Waals surface area contributed by atoms with Gasteiger partial charge < -0.3 is 24.0 Å². The van der Waals surface area contributed by atoms with Crippen LogP contribution >= 0.6 is 11.8 Å². The molecule has 0 atom stereocenters. The number of halogens is 4. The van der Waals surface area contributed by atoms with Gasteiger partial charge in [0.1, 0.15) is 7.05 Å². The van der Waals surface area contributed by atoms with E-state index < -0.39 is 11.7 Å². The maximum absolute atomic E-state index is 12.6. The van der Waals surface area contributed by atoms with Crippen molar-refractivity contribution in [3.05, 3.63) is 66.4 Å². The third-order valence-corrected chi connectivity index (χ3v) is 4.32. The lowest BCUT2D eigenvalue weighted by Gasteiger charge is -2.07. The highest BCUT2D eigenvalue weighted by Crippen LogP contribution is 2.33. The molecule has 0 unspecified atom stereocenters. The summed E-state index contributed by atoms with van der Waals surface area (Å²) < 4.78 is 39.7. The lowest BCUT2D eigenvalue weighted by Crippen LogP contribution is -3.00. The van der Waals surface area contributed by atoms with Gasteiger partial charge in [-0.25, -0.2) is 0 Å². The van der Waals surface area contributed by atoms with E-state index >= 15 is 0 Å². The van der Waals surface area contributed by atoms with Crippen molar-refractivity contribution < 1.29 is 41.7 Å². The Hall–Kier alpha value is -1.28. The molecule has 23 heavy (non-hydrogen) atoms. The molecule has 0 radical (unpaired) electrons. The Balaban J connectivity index is 0.00000192. The molecule has 0 spiro atoms. The number of nitrogens with zero attached hydrogens (tertiary/aromatic N) is 1. The number of pyridine rings is 1. The van der Waals surface area contributed by atoms with Crippen molar-refractivity contribution in [1.29, 1.82) is 0 Å². The molecule has 1 nitrogen and oxygen atoms in total. The molecule has 120 valence electrons. The first kappa shape index (κ1) is 18.1. The zero-order valence-corrected chi connectivity index (χ0v) is 15.1. The molecule has 2 aromatic carbocycles. The highest BCUT2D eigenvalue weighted by Gasteiger charge is 2.29. The average molecular weight is 447 g/mol. The molecule has 0 bridgehead atoms. The van der Waals surface area contributed by atoms with Gasteiger partial charge in [-0.1, -0.05) is 23.9 Å². The Morgan fingerprint density at radius 2 is 1.57 bits per heavy atom. The molecular formula is C17H13F3INS. The summed E-state index contributed by atoms with van der Waals surface area (Å²) in [7, 11) is 1.96. The topological polar surface area (TPSA) is 3.88 Å². The van der Waals surface area contributed by atoms with Crippen LogP contribution in [0.25, 0.3) is 10.9 Å². The molecule has 1 aromatic heterocycles. The molecular weight excluding hydrogens is 434 g/mol. The first-order valence-corrected chi connectivity index (χ1v) is 7.49. The molecule has 3 aromatic rings. The van der Waals surface area contributed by atoms with E-state index in [0.717, 1.165) is 32.8 Å². The highest BCUT2D eigenvalue weighted by molar-refractivity contribution is 7.99. The van der Waals surface area contributed by atoms with Crippen molar-refractivity contribution in [1.82, 2.24) is 0 Å². The summed E-state index contributed by atoms with van der Waals surface area (Å²) in [6.07, 6.45) is -2.32. The Morgan fingerprint density at radius 1 is 0.913 bits per heavy atom. The van der Waals surface area contributed by atoms with Crippen LogP contribution in [-0.4, -0.2) is 0 Å². The normalized spacial score (nSPS) is 11.3. The monoisotopic (exact) mass is 447 g/mol. The third kappa shape index (κ3) is 4.17. The van der Waals surface area contributed by atoms with Crippen molar-refractivity contribution in [2.45, 2.75) is 16.0 Å². The molecule has 0 aliphatic heterocycles. The number of aryl methyl sites for hydroxylation is 1. The lowest BCUT2D eigenvalue weighted by atomic mass is 10.2. The average Bonchev–Trinajstić information content (AvgIpc) is 2.47. The maximum atomic E-state index is 12.6. The van der Waals surface area contributed by atoms with Crippen LogP contribution in [0, 0.1) is 0 Å². The fourth-order valence-corrected chi connectivity index (χ4v) is 3.23. The molecule has 0 N–H and O–H groups in total. The number of aromatic nitrogens is 1. The van der Waals surface area contributed by atoms with Crippen LogP contribution < -0.4 is 28.5 Å². The molecule has 0 saturated carbocycles. The second-order valence-electron chi connectivity index (χ2n) is 4.97. The SMILES string of the molecule is C[n+]1cc(Sc2ccc(C(F)(F)F)cc2)cc2ccccc21.[I-]. The van der Waals surface area contributed by atoms with Crippen LogP contribution in [-0.2, 0) is 13.2 Å². The van der Waals surface area contributed by atoms with Gasteiger partial charge in [0.25, 0.3) is 0 Å². The summed E-state index contributed by atoms with van der Waals surface area (Å²) in [5.74, 6) is 0. The van der Waals surface area contributed by atoms with Crippen LogP contribution in [0.15, 0.2) is 70.6 Å². The Morgan fingerprint density at radius 3 is 2.22 bits per heavy atom. The molecule has 0 aliphatic carbocycles. The fourth-order valence-electron chi connectivity index (χ4n) is 2.29. The van der Waals surface area contributed by atoms with Crippen LogP contribution in [0.3, 0.4) is 0 Å². The van der Waals surface area contributed by atoms with E-state index in [2.05, 4.69) is 0 Å². The number of para-hydroxylation sites is 1. The van der Waals surface area contributed by atoms with Crippen molar-refractivity contribution in [3.63, 3.8) is 0 Å². The number of benzene rings is 2. The van der Waals surface area contributed by atoms with Gasteiger partial charge in [-0.05, 0) is 36.4 Å². The second kappa shape index (κ2) is 7.09. The first-order valence-electron chi connectivity index (χ1n) is 6.67. The van der Waals surface area contributed by atoms with E-state index in [9.17, 15) is 13.2 Å². The standard InChI is InChI=1S/C17H13F3NS.HI/c1-21-11-15(10-12-4-2-3-5-16(12)21)22-14-8-6-13(7-9-14)17(18,19)20;/h2-11H,1H3;1H/q+1;/p-1. The van der Waals surface area contributed by atoms with Crippen molar-refractivity contribution in [2.75, 3.05) is 0 Å². The zero-order valence-electron chi connectivity index (χ0n) is 12.1. The number of alkyl halides is 3. The van der Waals surface area contributed by atoms with Crippen LogP contribution in [0.5, 0.6) is 0 Å². The van der Waals surface area contributed by atoms with Crippen molar-refractivity contribution in [3.8, 4) is 0 Å². The molecule has 3 rings (SSSR count). The molecule has 0 amide bonds. The number of rotatable bonds is 2. The van der Waals surface area contributed by atoms with Crippen LogP contribution in [0.4, 0.5) is 13.2 Å². The smallest absolute Gasteiger partial charge is 0.416 e. The zero-order chi connectivity index (χ0) is 15.7. The summed E-state index contributed by atoms with van der Waals surface area (Å²) in [5.41, 5.74) is 0.486. The molecule has 6 heteroatoms. The molecule has 0 fully saturated rings. The van der Waals surface area contributed by atoms with Crippen molar-refractivity contribution >= 4 is 22.7 Å². The van der Waals surface area contributed by atoms with Crippen molar-refractivity contribution in [2.24, 2.45) is 7.05 Å². The van der Waals surface area contributed by atoms with Gasteiger partial charge in [0, 0.05) is 16.3 Å². The predicted octanol–water partition coefficient (Wildman–Crippen LogP) is 1.84. The Bertz CT molecular complexity index is 816. The first-order chi connectivity index (χ1) is 10.4. The van der Waals surface area contributed by atoms with Gasteiger partial charge in [0.05, 0.1) is 10.5 Å². The summed E-state index contributed by atoms with van der Waals surface area (Å²) in [5, 5.41) is 1.10. The molecule has 0 saturated heterocycles. The van der Waals surface area contributed by atoms with Gasteiger partial charge in [-0.15, -0.1) is 0 Å². The number of fused-ring (bicyclic) bond motifs is 1. The fraction of sp³-hybridized carbons (Fsp3) is 0.118. The summed E-state index contributed by atoms with van der Waals surface area (Å²) in [6, 6.07) is 15.3. The van der Waals surface area contributed by atoms with Crippen LogP contribution in [0.2, 0.25) is 0 Å². The van der Waals surface area contributed by atoms with Gasteiger partial charge >= 0.3 is 6.18 Å². The van der Waals surface area contributed by atoms with E-state index in [1.807, 2.05) is 48.1 Å². The third-order valence-electron chi connectivity index (χ3n) is 3.35. The summed E-state index contributed by atoms with van der Waals surface area (Å²) >= 11 is 1.45. The van der Waals surface area contributed by atoms with E-state index in [1.54, 1.807) is 0 Å². The lowest BCUT2D eigenvalue weighted by molar-refractivity contribution is -0.646. The van der Waals surface area contributed by atoms with Gasteiger partial charge in [0.2, 0.25) is 5.52 Å². The minimum atomic E-state index is -4.29. The molecule has 0 aliphatic rings. The maximum Gasteiger partial charge on any atom is 0.416 e. The summed E-state index contributed by atoms with van der Waals surface area (Å²) in [4.78, 5) is 1.77. The van der Waals surface area contributed by atoms with E-state index in [0.29, 0.717) is 0 Å². The Labute approximate surface area is 153 Å². The number of hydrogen-bond acceptors (Lipinski definition) is 1. The minimum absolute atomic E-state index is 0. The van der Waals surface area contributed by atoms with Gasteiger partial charge in [0.15, 0.2) is 6.20 Å². The highest BCUT2D eigenvalue weighted by atomic mass is 127. The summed E-state index contributed by atoms with van der Waals surface area (Å²) in [6.45, 7) is 0.